The van der Waals surface area contributed by atoms with Gasteiger partial charge in [-0.25, -0.2) is 9.67 Å². The van der Waals surface area contributed by atoms with Gasteiger partial charge in [-0.05, 0) is 43.7 Å². The van der Waals surface area contributed by atoms with E-state index in [-0.39, 0.29) is 18.4 Å². The fourth-order valence-electron chi connectivity index (χ4n) is 4.16. The fraction of sp³-hybridized carbons (Fsp3) is 0.250. The number of piperidine rings is 1. The van der Waals surface area contributed by atoms with Crippen molar-refractivity contribution in [2.75, 3.05) is 25.0 Å². The highest BCUT2D eigenvalue weighted by Gasteiger charge is 2.27. The van der Waals surface area contributed by atoms with Crippen molar-refractivity contribution in [1.82, 2.24) is 19.7 Å². The minimum absolute atomic E-state index is 0.147. The lowest BCUT2D eigenvalue weighted by molar-refractivity contribution is -0.117. The SMILES string of the molecule is N#Cc1cnn(-c2ccccc2)c1NC(=O)CN1CCCC(c2nc3ccccc3o2)C1. The first-order chi connectivity index (χ1) is 15.7. The number of hydrogen-bond donors (Lipinski definition) is 1. The molecule has 8 heteroatoms. The van der Waals surface area contributed by atoms with E-state index in [1.807, 2.05) is 54.6 Å². The molecule has 1 atom stereocenters. The zero-order chi connectivity index (χ0) is 21.9. The Bertz CT molecular complexity index is 1250. The highest BCUT2D eigenvalue weighted by Crippen LogP contribution is 2.29. The lowest BCUT2D eigenvalue weighted by Gasteiger charge is -2.30. The fourth-order valence-corrected chi connectivity index (χ4v) is 4.16. The number of benzene rings is 2. The van der Waals surface area contributed by atoms with Crippen LogP contribution < -0.4 is 5.32 Å². The largest absolute Gasteiger partial charge is 0.440 e. The summed E-state index contributed by atoms with van der Waals surface area (Å²) in [5.41, 5.74) is 2.75. The quantitative estimate of drug-likeness (QED) is 0.522. The van der Waals surface area contributed by atoms with Gasteiger partial charge >= 0.3 is 0 Å². The molecule has 3 heterocycles. The van der Waals surface area contributed by atoms with Gasteiger partial charge in [-0.15, -0.1) is 0 Å². The molecule has 1 N–H and O–H groups in total. The van der Waals surface area contributed by atoms with Gasteiger partial charge in [0.1, 0.15) is 17.1 Å². The number of aromatic nitrogens is 3. The molecule has 0 aliphatic carbocycles. The van der Waals surface area contributed by atoms with Gasteiger partial charge < -0.3 is 9.73 Å². The summed E-state index contributed by atoms with van der Waals surface area (Å²) in [4.78, 5) is 19.6. The number of carbonyl (C=O) groups excluding carboxylic acids is 1. The smallest absolute Gasteiger partial charge is 0.239 e. The minimum Gasteiger partial charge on any atom is -0.440 e. The third-order valence-electron chi connectivity index (χ3n) is 5.68. The van der Waals surface area contributed by atoms with E-state index in [4.69, 9.17) is 4.42 Å². The van der Waals surface area contributed by atoms with Crippen LogP contribution in [0.25, 0.3) is 16.8 Å². The molecule has 1 amide bonds. The summed E-state index contributed by atoms with van der Waals surface area (Å²) >= 11 is 0. The Morgan fingerprint density at radius 3 is 2.81 bits per heavy atom. The molecule has 2 aromatic heterocycles. The summed E-state index contributed by atoms with van der Waals surface area (Å²) in [6, 6.07) is 19.3. The van der Waals surface area contributed by atoms with Crippen LogP contribution in [0.2, 0.25) is 0 Å². The Labute approximate surface area is 185 Å². The van der Waals surface area contributed by atoms with Gasteiger partial charge in [-0.1, -0.05) is 30.3 Å². The molecule has 2 aromatic carbocycles. The van der Waals surface area contributed by atoms with Crippen LogP contribution in [0.3, 0.4) is 0 Å². The molecule has 0 saturated carbocycles. The second kappa shape index (κ2) is 8.65. The van der Waals surface area contributed by atoms with Gasteiger partial charge in [-0.3, -0.25) is 9.69 Å². The van der Waals surface area contributed by atoms with E-state index in [9.17, 15) is 10.1 Å². The second-order valence-electron chi connectivity index (χ2n) is 7.91. The molecule has 1 aliphatic heterocycles. The van der Waals surface area contributed by atoms with Gasteiger partial charge in [0, 0.05) is 12.5 Å². The predicted octanol–water partition coefficient (Wildman–Crippen LogP) is 3.70. The zero-order valence-corrected chi connectivity index (χ0v) is 17.4. The Morgan fingerprint density at radius 2 is 2.00 bits per heavy atom. The van der Waals surface area contributed by atoms with Gasteiger partial charge in [0.05, 0.1) is 18.4 Å². The number of likely N-dealkylation sites (tertiary alicyclic amines) is 1. The lowest BCUT2D eigenvalue weighted by atomic mass is 9.98. The summed E-state index contributed by atoms with van der Waals surface area (Å²) in [6.45, 7) is 1.75. The molecule has 5 rings (SSSR count). The topological polar surface area (TPSA) is 100.0 Å². The lowest BCUT2D eigenvalue weighted by Crippen LogP contribution is -2.40. The third kappa shape index (κ3) is 3.98. The molecule has 160 valence electrons. The first-order valence-corrected chi connectivity index (χ1v) is 10.6. The van der Waals surface area contributed by atoms with E-state index in [1.165, 1.54) is 6.20 Å². The Kier molecular flexibility index (Phi) is 5.40. The number of anilines is 1. The number of fused-ring (bicyclic) bond motifs is 1. The number of amides is 1. The number of oxazole rings is 1. The van der Waals surface area contributed by atoms with E-state index in [1.54, 1.807) is 4.68 Å². The molecular weight excluding hydrogens is 404 g/mol. The van der Waals surface area contributed by atoms with Gasteiger partial charge in [0.25, 0.3) is 0 Å². The van der Waals surface area contributed by atoms with E-state index in [0.29, 0.717) is 17.9 Å². The first kappa shape index (κ1) is 20.0. The molecule has 8 nitrogen and oxygen atoms in total. The third-order valence-corrected chi connectivity index (χ3v) is 5.68. The monoisotopic (exact) mass is 426 g/mol. The maximum absolute atomic E-state index is 12.9. The van der Waals surface area contributed by atoms with E-state index >= 15 is 0 Å². The molecular formula is C24H22N6O2. The van der Waals surface area contributed by atoms with Crippen molar-refractivity contribution >= 4 is 22.8 Å². The second-order valence-corrected chi connectivity index (χ2v) is 7.91. The van der Waals surface area contributed by atoms with Crippen molar-refractivity contribution in [3.8, 4) is 11.8 Å². The molecule has 1 fully saturated rings. The predicted molar refractivity (Wildman–Crippen MR) is 119 cm³/mol. The van der Waals surface area contributed by atoms with Crippen LogP contribution in [0, 0.1) is 11.3 Å². The average molecular weight is 426 g/mol. The van der Waals surface area contributed by atoms with Crippen LogP contribution >= 0.6 is 0 Å². The maximum atomic E-state index is 12.9. The standard InChI is InChI=1S/C24H22N6O2/c25-13-18-14-26-30(19-8-2-1-3-9-19)23(18)28-22(31)16-29-12-6-7-17(15-29)24-27-20-10-4-5-11-21(20)32-24/h1-5,8-11,14,17H,6-7,12,15-16H2,(H,28,31). The van der Waals surface area contributed by atoms with Crippen LogP contribution in [-0.2, 0) is 4.79 Å². The molecule has 1 aliphatic rings. The first-order valence-electron chi connectivity index (χ1n) is 10.6. The molecule has 1 unspecified atom stereocenters. The van der Waals surface area contributed by atoms with Crippen LogP contribution in [-0.4, -0.2) is 45.2 Å². The summed E-state index contributed by atoms with van der Waals surface area (Å²) in [5.74, 6) is 1.08. The minimum atomic E-state index is -0.183. The van der Waals surface area contributed by atoms with E-state index < -0.39 is 0 Å². The summed E-state index contributed by atoms with van der Waals surface area (Å²) in [6.07, 6.45) is 3.40. The average Bonchev–Trinajstić information content (AvgIpc) is 3.44. The summed E-state index contributed by atoms with van der Waals surface area (Å²) < 4.78 is 7.53. The normalized spacial score (nSPS) is 16.7. The number of rotatable bonds is 5. The molecule has 1 saturated heterocycles. The number of para-hydroxylation sites is 3. The van der Waals surface area contributed by atoms with Crippen LogP contribution in [0.1, 0.15) is 30.2 Å². The zero-order valence-electron chi connectivity index (χ0n) is 17.4. The van der Waals surface area contributed by atoms with Crippen molar-refractivity contribution in [3.63, 3.8) is 0 Å². The van der Waals surface area contributed by atoms with Crippen molar-refractivity contribution in [1.29, 1.82) is 5.26 Å². The number of carbonyl (C=O) groups is 1. The Hall–Kier alpha value is -3.96. The molecule has 0 radical (unpaired) electrons. The van der Waals surface area contributed by atoms with Gasteiger partial charge in [0.2, 0.25) is 5.91 Å². The number of nitrogens with one attached hydrogen (secondary N) is 1. The van der Waals surface area contributed by atoms with Crippen molar-refractivity contribution < 1.29 is 9.21 Å². The van der Waals surface area contributed by atoms with Gasteiger partial charge in [-0.2, -0.15) is 10.4 Å². The molecule has 4 aromatic rings. The van der Waals surface area contributed by atoms with Crippen LogP contribution in [0.15, 0.2) is 65.2 Å². The van der Waals surface area contributed by atoms with E-state index in [0.717, 1.165) is 42.1 Å². The van der Waals surface area contributed by atoms with Crippen molar-refractivity contribution in [2.45, 2.75) is 18.8 Å². The highest BCUT2D eigenvalue weighted by atomic mass is 16.3. The number of nitriles is 1. The van der Waals surface area contributed by atoms with Crippen molar-refractivity contribution in [3.05, 3.63) is 72.2 Å². The number of nitrogens with zero attached hydrogens (tertiary/aromatic N) is 5. The van der Waals surface area contributed by atoms with Crippen LogP contribution in [0.4, 0.5) is 5.82 Å². The van der Waals surface area contributed by atoms with Gasteiger partial charge in [0.15, 0.2) is 17.3 Å². The Balaban J connectivity index is 1.28. The van der Waals surface area contributed by atoms with Crippen LogP contribution in [0.5, 0.6) is 0 Å². The molecule has 0 spiro atoms. The maximum Gasteiger partial charge on any atom is 0.239 e. The number of hydrogen-bond acceptors (Lipinski definition) is 6. The highest BCUT2D eigenvalue weighted by molar-refractivity contribution is 5.93. The Morgan fingerprint density at radius 1 is 1.19 bits per heavy atom. The summed E-state index contributed by atoms with van der Waals surface area (Å²) in [5, 5.41) is 16.6. The molecule has 0 bridgehead atoms. The van der Waals surface area contributed by atoms with E-state index in [2.05, 4.69) is 26.4 Å². The summed E-state index contributed by atoms with van der Waals surface area (Å²) in [7, 11) is 0. The van der Waals surface area contributed by atoms with Crippen molar-refractivity contribution in [2.24, 2.45) is 0 Å². The molecule has 32 heavy (non-hydrogen) atoms.